The summed E-state index contributed by atoms with van der Waals surface area (Å²) in [6.07, 6.45) is 2.70. The molecule has 1 N–H and O–H groups in total. The van der Waals surface area contributed by atoms with Crippen LogP contribution < -0.4 is 14.4 Å². The minimum atomic E-state index is -3.85. The Balaban J connectivity index is 2.42. The Labute approximate surface area is 217 Å². The van der Waals surface area contributed by atoms with Crippen LogP contribution in [-0.4, -0.2) is 57.6 Å². The molecule has 2 amide bonds. The van der Waals surface area contributed by atoms with E-state index in [0.717, 1.165) is 23.4 Å². The molecule has 8 nitrogen and oxygen atoms in total. The zero-order chi connectivity index (χ0) is 26.2. The zero-order valence-electron chi connectivity index (χ0n) is 20.3. The monoisotopic (exact) mass is 543 g/mol. The molecule has 0 aromatic heterocycles. The fourth-order valence-electron chi connectivity index (χ4n) is 3.35. The molecule has 0 bridgehead atoms. The number of nitrogens with one attached hydrogen (secondary N) is 1. The molecule has 0 spiro atoms. The molecular formula is C24H31Cl2N3O5S. The molecule has 2 rings (SSSR count). The zero-order valence-corrected chi connectivity index (χ0v) is 22.6. The van der Waals surface area contributed by atoms with Crippen molar-refractivity contribution in [2.45, 2.75) is 39.3 Å². The van der Waals surface area contributed by atoms with E-state index in [9.17, 15) is 18.0 Å². The third kappa shape index (κ3) is 8.02. The number of carbonyl (C=O) groups is 2. The molecular weight excluding hydrogens is 513 g/mol. The Hall–Kier alpha value is -2.49. The van der Waals surface area contributed by atoms with Gasteiger partial charge in [-0.1, -0.05) is 48.7 Å². The van der Waals surface area contributed by atoms with Crippen LogP contribution >= 0.6 is 23.2 Å². The summed E-state index contributed by atoms with van der Waals surface area (Å²) in [5.74, 6) is -0.512. The molecule has 0 radical (unpaired) electrons. The number of methoxy groups -OCH3 is 1. The molecule has 0 aliphatic heterocycles. The first-order chi connectivity index (χ1) is 16.5. The summed E-state index contributed by atoms with van der Waals surface area (Å²) in [6, 6.07) is 10.4. The second-order valence-corrected chi connectivity index (χ2v) is 10.7. The van der Waals surface area contributed by atoms with E-state index in [2.05, 4.69) is 5.32 Å². The molecule has 0 saturated carbocycles. The van der Waals surface area contributed by atoms with E-state index in [1.54, 1.807) is 43.3 Å². The molecule has 0 saturated heterocycles. The molecule has 2 aromatic rings. The topological polar surface area (TPSA) is 96.0 Å². The lowest BCUT2D eigenvalue weighted by molar-refractivity contribution is -0.139. The molecule has 0 heterocycles. The van der Waals surface area contributed by atoms with Crippen molar-refractivity contribution in [2.75, 3.05) is 30.8 Å². The van der Waals surface area contributed by atoms with Crippen molar-refractivity contribution in [3.05, 3.63) is 58.1 Å². The van der Waals surface area contributed by atoms with Crippen LogP contribution in [0.4, 0.5) is 5.69 Å². The molecule has 0 aliphatic carbocycles. The summed E-state index contributed by atoms with van der Waals surface area (Å²) in [5, 5.41) is 3.49. The average molecular weight is 545 g/mol. The fourth-order valence-corrected chi connectivity index (χ4v) is 4.71. The Bertz CT molecular complexity index is 1120. The predicted octanol–water partition coefficient (Wildman–Crippen LogP) is 4.10. The van der Waals surface area contributed by atoms with E-state index in [1.807, 2.05) is 6.92 Å². The van der Waals surface area contributed by atoms with Crippen molar-refractivity contribution >= 4 is 50.7 Å². The molecule has 0 aliphatic rings. The summed E-state index contributed by atoms with van der Waals surface area (Å²) < 4.78 is 31.4. The highest BCUT2D eigenvalue weighted by molar-refractivity contribution is 7.92. The number of ether oxygens (including phenoxy) is 1. The van der Waals surface area contributed by atoms with Crippen LogP contribution in [0.25, 0.3) is 0 Å². The minimum absolute atomic E-state index is 0.0740. The summed E-state index contributed by atoms with van der Waals surface area (Å²) in [4.78, 5) is 27.7. The molecule has 192 valence electrons. The van der Waals surface area contributed by atoms with Gasteiger partial charge in [-0.3, -0.25) is 13.9 Å². The summed E-state index contributed by atoms with van der Waals surface area (Å²) >= 11 is 12.7. The number of hydrogen-bond acceptors (Lipinski definition) is 5. The summed E-state index contributed by atoms with van der Waals surface area (Å²) in [5.41, 5.74) is 0.723. The van der Waals surface area contributed by atoms with Gasteiger partial charge >= 0.3 is 0 Å². The third-order valence-corrected chi connectivity index (χ3v) is 7.26. The van der Waals surface area contributed by atoms with E-state index < -0.39 is 28.5 Å². The Morgan fingerprint density at radius 1 is 1.11 bits per heavy atom. The number of hydrogen-bond donors (Lipinski definition) is 1. The maximum atomic E-state index is 13.6. The molecule has 0 fully saturated rings. The van der Waals surface area contributed by atoms with E-state index in [-0.39, 0.29) is 18.1 Å². The van der Waals surface area contributed by atoms with Crippen LogP contribution in [0.15, 0.2) is 42.5 Å². The smallest absolute Gasteiger partial charge is 0.244 e. The van der Waals surface area contributed by atoms with Crippen LogP contribution in [0.2, 0.25) is 10.0 Å². The van der Waals surface area contributed by atoms with Crippen LogP contribution in [0.1, 0.15) is 32.3 Å². The summed E-state index contributed by atoms with van der Waals surface area (Å²) in [7, 11) is -2.39. The van der Waals surface area contributed by atoms with Gasteiger partial charge in [0.05, 0.1) is 19.1 Å². The normalized spacial score (nSPS) is 12.1. The lowest BCUT2D eigenvalue weighted by Crippen LogP contribution is -2.51. The van der Waals surface area contributed by atoms with Gasteiger partial charge in [-0.15, -0.1) is 0 Å². The number of unbranched alkanes of at least 4 members (excludes halogenated alkanes) is 1. The standard InChI is InChI=1S/C24H31Cl2N3O5S/c1-5-6-13-27-24(31)17(2)28(15-20-21(25)11-8-12-22(20)26)23(30)16-29(35(4,32)33)18-9-7-10-19(14-18)34-3/h7-12,14,17H,5-6,13,15-16H2,1-4H3,(H,27,31). The first-order valence-electron chi connectivity index (χ1n) is 11.1. The first-order valence-corrected chi connectivity index (χ1v) is 13.7. The van der Waals surface area contributed by atoms with Crippen molar-refractivity contribution in [3.8, 4) is 5.75 Å². The van der Waals surface area contributed by atoms with Gasteiger partial charge < -0.3 is 15.0 Å². The lowest BCUT2D eigenvalue weighted by Gasteiger charge is -2.32. The highest BCUT2D eigenvalue weighted by Gasteiger charge is 2.31. The van der Waals surface area contributed by atoms with Gasteiger partial charge in [-0.05, 0) is 37.6 Å². The second kappa shape index (κ2) is 13.0. The molecule has 1 unspecified atom stereocenters. The van der Waals surface area contributed by atoms with Crippen molar-refractivity contribution in [2.24, 2.45) is 0 Å². The maximum Gasteiger partial charge on any atom is 0.244 e. The predicted molar refractivity (Wildman–Crippen MR) is 140 cm³/mol. The number of anilines is 1. The first kappa shape index (κ1) is 28.7. The minimum Gasteiger partial charge on any atom is -0.497 e. The molecule has 35 heavy (non-hydrogen) atoms. The average Bonchev–Trinajstić information content (AvgIpc) is 2.81. The maximum absolute atomic E-state index is 13.6. The Kier molecular flexibility index (Phi) is 10.7. The summed E-state index contributed by atoms with van der Waals surface area (Å²) in [6.45, 7) is 3.45. The lowest BCUT2D eigenvalue weighted by atomic mass is 10.1. The van der Waals surface area contributed by atoms with Gasteiger partial charge in [0, 0.05) is 34.8 Å². The van der Waals surface area contributed by atoms with Crippen molar-refractivity contribution in [1.82, 2.24) is 10.2 Å². The quantitative estimate of drug-likeness (QED) is 0.406. The number of sulfonamides is 1. The van der Waals surface area contributed by atoms with E-state index in [1.165, 1.54) is 18.1 Å². The highest BCUT2D eigenvalue weighted by atomic mass is 35.5. The number of amides is 2. The SMILES string of the molecule is CCCCNC(=O)C(C)N(Cc1c(Cl)cccc1Cl)C(=O)CN(c1cccc(OC)c1)S(C)(=O)=O. The number of benzene rings is 2. The van der Waals surface area contributed by atoms with Crippen LogP contribution in [0.3, 0.4) is 0 Å². The van der Waals surface area contributed by atoms with Gasteiger partial charge in [-0.2, -0.15) is 0 Å². The number of carbonyl (C=O) groups excluding carboxylic acids is 2. The van der Waals surface area contributed by atoms with E-state index >= 15 is 0 Å². The van der Waals surface area contributed by atoms with Crippen molar-refractivity contribution < 1.29 is 22.7 Å². The van der Waals surface area contributed by atoms with Crippen LogP contribution in [-0.2, 0) is 26.2 Å². The van der Waals surface area contributed by atoms with Crippen LogP contribution in [0.5, 0.6) is 5.75 Å². The molecule has 2 aromatic carbocycles. The molecule has 1 atom stereocenters. The molecule has 11 heteroatoms. The number of nitrogens with zero attached hydrogens (tertiary/aromatic N) is 2. The number of halogens is 2. The van der Waals surface area contributed by atoms with Crippen molar-refractivity contribution in [3.63, 3.8) is 0 Å². The van der Waals surface area contributed by atoms with Crippen molar-refractivity contribution in [1.29, 1.82) is 0 Å². The van der Waals surface area contributed by atoms with Gasteiger partial charge in [-0.25, -0.2) is 8.42 Å². The highest BCUT2D eigenvalue weighted by Crippen LogP contribution is 2.28. The van der Waals surface area contributed by atoms with Gasteiger partial charge in [0.25, 0.3) is 0 Å². The Morgan fingerprint density at radius 3 is 2.31 bits per heavy atom. The second-order valence-electron chi connectivity index (χ2n) is 8.01. The van der Waals surface area contributed by atoms with Crippen LogP contribution in [0, 0.1) is 0 Å². The number of rotatable bonds is 12. The Morgan fingerprint density at radius 2 is 1.74 bits per heavy atom. The third-order valence-electron chi connectivity index (χ3n) is 5.41. The van der Waals surface area contributed by atoms with E-state index in [0.29, 0.717) is 27.9 Å². The largest absolute Gasteiger partial charge is 0.497 e. The van der Waals surface area contributed by atoms with E-state index in [4.69, 9.17) is 27.9 Å². The van der Waals surface area contributed by atoms with Gasteiger partial charge in [0.1, 0.15) is 18.3 Å². The van der Waals surface area contributed by atoms with Gasteiger partial charge in [0.2, 0.25) is 21.8 Å². The van der Waals surface area contributed by atoms with Gasteiger partial charge in [0.15, 0.2) is 0 Å². The fraction of sp³-hybridized carbons (Fsp3) is 0.417.